The van der Waals surface area contributed by atoms with Crippen LogP contribution in [-0.2, 0) is 41.3 Å². The van der Waals surface area contributed by atoms with Crippen LogP contribution in [0.25, 0.3) is 0 Å². The second kappa shape index (κ2) is 11.6. The van der Waals surface area contributed by atoms with Gasteiger partial charge in [-0.2, -0.15) is 13.2 Å². The number of carboxylic acid groups (broad SMARTS) is 1. The molecule has 3 fully saturated rings. The lowest BCUT2D eigenvalue weighted by Gasteiger charge is -2.36. The fourth-order valence-electron chi connectivity index (χ4n) is 6.60. The lowest BCUT2D eigenvalue weighted by atomic mass is 9.75. The van der Waals surface area contributed by atoms with Gasteiger partial charge in [0.15, 0.2) is 0 Å². The molecule has 0 aromatic heterocycles. The van der Waals surface area contributed by atoms with Crippen LogP contribution in [0.3, 0.4) is 0 Å². The van der Waals surface area contributed by atoms with Gasteiger partial charge in [-0.25, -0.2) is 18.8 Å². The number of esters is 1. The third-order valence-corrected chi connectivity index (χ3v) is 8.96. The first kappa shape index (κ1) is 32.0. The maximum Gasteiger partial charge on any atom is 0.511 e. The molecule has 0 spiro atoms. The molecule has 3 aliphatic carbocycles. The molecule has 1 aromatic carbocycles. The van der Waals surface area contributed by atoms with E-state index in [2.05, 4.69) is 6.92 Å². The number of fused-ring (bicyclic) bond motifs is 1. The maximum absolute atomic E-state index is 15.3. The Balaban J connectivity index is 1.41. The standard InChI is InChI=1S/C29H37F4NO8/c1-14(2)19-10-5-15(3)11-21(19)42-26(38)41-16(4)40-25(37)28(34)22(12-20-23(28)27(20,30)24(35)36)39-13-17-6-8-18(9-7-17)29(31,32)33/h6-9,14-16,19-23H,5,10-13,34H2,1-4H3,(H,35,36)/t15-,16?,19+,20-,21-,22-,23+,27-,28+/m1/s1. The second-order valence-electron chi connectivity index (χ2n) is 12.1. The molecule has 0 heterocycles. The van der Waals surface area contributed by atoms with Crippen molar-refractivity contribution in [3.8, 4) is 0 Å². The summed E-state index contributed by atoms with van der Waals surface area (Å²) in [5.41, 5.74) is 0.766. The summed E-state index contributed by atoms with van der Waals surface area (Å²) >= 11 is 0. The zero-order valence-corrected chi connectivity index (χ0v) is 23.9. The van der Waals surface area contributed by atoms with E-state index in [4.69, 9.17) is 24.7 Å². The largest absolute Gasteiger partial charge is 0.511 e. The first-order chi connectivity index (χ1) is 19.5. The monoisotopic (exact) mass is 603 g/mol. The maximum atomic E-state index is 15.3. The molecule has 3 saturated carbocycles. The molecule has 1 unspecified atom stereocenters. The van der Waals surface area contributed by atoms with Crippen molar-refractivity contribution < 1.29 is 56.0 Å². The summed E-state index contributed by atoms with van der Waals surface area (Å²) in [6, 6.07) is 4.09. The fraction of sp³-hybridized carbons (Fsp3) is 0.690. The van der Waals surface area contributed by atoms with E-state index in [9.17, 15) is 32.7 Å². The number of hydrogen-bond donors (Lipinski definition) is 2. The third-order valence-electron chi connectivity index (χ3n) is 8.96. The number of ether oxygens (including phenoxy) is 4. The molecule has 1 aromatic rings. The van der Waals surface area contributed by atoms with Crippen LogP contribution in [0.4, 0.5) is 22.4 Å². The Morgan fingerprint density at radius 3 is 2.29 bits per heavy atom. The topological polar surface area (TPSA) is 134 Å². The highest BCUT2D eigenvalue weighted by molar-refractivity contribution is 5.91. The third kappa shape index (κ3) is 6.08. The van der Waals surface area contributed by atoms with Gasteiger partial charge in [-0.3, -0.25) is 0 Å². The van der Waals surface area contributed by atoms with E-state index in [1.165, 1.54) is 19.1 Å². The zero-order valence-electron chi connectivity index (χ0n) is 23.9. The van der Waals surface area contributed by atoms with Gasteiger partial charge >= 0.3 is 24.3 Å². The lowest BCUT2D eigenvalue weighted by Crippen LogP contribution is -2.61. The number of halogens is 4. The number of hydrogen-bond acceptors (Lipinski definition) is 8. The molecule has 0 radical (unpaired) electrons. The van der Waals surface area contributed by atoms with Crippen molar-refractivity contribution >= 4 is 18.1 Å². The number of carboxylic acids is 1. The lowest BCUT2D eigenvalue weighted by molar-refractivity contribution is -0.184. The zero-order chi connectivity index (χ0) is 31.2. The number of benzene rings is 1. The molecule has 3 aliphatic rings. The predicted molar refractivity (Wildman–Crippen MR) is 138 cm³/mol. The number of nitrogens with two attached hydrogens (primary N) is 1. The average Bonchev–Trinajstić information content (AvgIpc) is 3.37. The fourth-order valence-corrected chi connectivity index (χ4v) is 6.60. The van der Waals surface area contributed by atoms with Crippen molar-refractivity contribution in [3.63, 3.8) is 0 Å². The van der Waals surface area contributed by atoms with E-state index in [-0.39, 0.29) is 31.0 Å². The van der Waals surface area contributed by atoms with Crippen LogP contribution in [0, 0.1) is 29.6 Å². The highest BCUT2D eigenvalue weighted by Crippen LogP contribution is 2.67. The minimum absolute atomic E-state index is 0.139. The molecule has 234 valence electrons. The molecular weight excluding hydrogens is 566 g/mol. The highest BCUT2D eigenvalue weighted by atomic mass is 19.4. The Kier molecular flexibility index (Phi) is 8.86. The van der Waals surface area contributed by atoms with Gasteiger partial charge in [0.25, 0.3) is 0 Å². The van der Waals surface area contributed by atoms with Crippen LogP contribution >= 0.6 is 0 Å². The van der Waals surface area contributed by atoms with Crippen molar-refractivity contribution in [1.29, 1.82) is 0 Å². The summed E-state index contributed by atoms with van der Waals surface area (Å²) in [6.07, 6.45) is -6.36. The molecule has 9 nitrogen and oxygen atoms in total. The molecule has 9 atom stereocenters. The first-order valence-corrected chi connectivity index (χ1v) is 14.1. The molecule has 13 heteroatoms. The van der Waals surface area contributed by atoms with Gasteiger partial charge in [0.1, 0.15) is 11.6 Å². The van der Waals surface area contributed by atoms with Gasteiger partial charge < -0.3 is 29.8 Å². The van der Waals surface area contributed by atoms with E-state index < -0.39 is 65.3 Å². The smallest absolute Gasteiger partial charge is 0.479 e. The molecule has 4 rings (SSSR count). The average molecular weight is 604 g/mol. The SMILES string of the molecule is CC(OC(=O)O[C@@H]1C[C@H](C)CC[C@H]1C(C)C)OC(=O)[C@@]1(N)[C@H]2[C@@H](C[C@H]1OCc1ccc(C(F)(F)F)cc1)[C@]2(F)C(=O)O. The van der Waals surface area contributed by atoms with E-state index >= 15 is 4.39 Å². The van der Waals surface area contributed by atoms with Crippen molar-refractivity contribution in [2.24, 2.45) is 35.3 Å². The summed E-state index contributed by atoms with van der Waals surface area (Å²) in [6.45, 7) is 7.10. The minimum Gasteiger partial charge on any atom is -0.479 e. The Hall–Kier alpha value is -2.93. The normalized spacial score (nSPS) is 34.8. The second-order valence-corrected chi connectivity index (χ2v) is 12.1. The van der Waals surface area contributed by atoms with Crippen LogP contribution in [0.1, 0.15) is 64.5 Å². The molecule has 0 aliphatic heterocycles. The van der Waals surface area contributed by atoms with E-state index in [1.807, 2.05) is 13.8 Å². The van der Waals surface area contributed by atoms with Crippen LogP contribution in [0.5, 0.6) is 0 Å². The van der Waals surface area contributed by atoms with Gasteiger partial charge in [0.05, 0.1) is 18.3 Å². The highest BCUT2D eigenvalue weighted by Gasteiger charge is 2.85. The Morgan fingerprint density at radius 1 is 1.07 bits per heavy atom. The van der Waals surface area contributed by atoms with Gasteiger partial charge in [-0.1, -0.05) is 39.3 Å². The Labute approximate surface area is 241 Å². The van der Waals surface area contributed by atoms with Crippen LogP contribution in [0.15, 0.2) is 24.3 Å². The van der Waals surface area contributed by atoms with Crippen LogP contribution in [-0.4, -0.2) is 52.9 Å². The van der Waals surface area contributed by atoms with Gasteiger partial charge in [-0.05, 0) is 54.7 Å². The summed E-state index contributed by atoms with van der Waals surface area (Å²) in [4.78, 5) is 37.5. The Bertz CT molecular complexity index is 1180. The molecule has 42 heavy (non-hydrogen) atoms. The van der Waals surface area contributed by atoms with Gasteiger partial charge in [0.2, 0.25) is 12.0 Å². The first-order valence-electron chi connectivity index (χ1n) is 14.1. The number of carbonyl (C=O) groups is 3. The molecule has 0 bridgehead atoms. The minimum atomic E-state index is -4.53. The number of aliphatic carboxylic acids is 1. The van der Waals surface area contributed by atoms with Gasteiger partial charge in [-0.15, -0.1) is 0 Å². The van der Waals surface area contributed by atoms with Crippen LogP contribution < -0.4 is 5.73 Å². The molecule has 0 amide bonds. The summed E-state index contributed by atoms with van der Waals surface area (Å²) < 4.78 is 75.6. The van der Waals surface area contributed by atoms with Crippen molar-refractivity contribution in [2.45, 2.75) is 95.9 Å². The molecular formula is C29H37F4NO8. The number of rotatable bonds is 9. The van der Waals surface area contributed by atoms with E-state index in [1.54, 1.807) is 0 Å². The summed E-state index contributed by atoms with van der Waals surface area (Å²) in [5.74, 6) is -4.88. The van der Waals surface area contributed by atoms with E-state index in [0.717, 1.165) is 25.0 Å². The number of carbonyl (C=O) groups excluding carboxylic acids is 2. The molecule has 0 saturated heterocycles. The van der Waals surface area contributed by atoms with Crippen LogP contribution in [0.2, 0.25) is 0 Å². The number of alkyl halides is 4. The van der Waals surface area contributed by atoms with Crippen molar-refractivity contribution in [3.05, 3.63) is 35.4 Å². The Morgan fingerprint density at radius 2 is 1.71 bits per heavy atom. The summed E-state index contributed by atoms with van der Waals surface area (Å²) in [5, 5.41) is 9.45. The summed E-state index contributed by atoms with van der Waals surface area (Å²) in [7, 11) is 0. The van der Waals surface area contributed by atoms with Crippen molar-refractivity contribution in [1.82, 2.24) is 0 Å². The van der Waals surface area contributed by atoms with E-state index in [0.29, 0.717) is 17.9 Å². The van der Waals surface area contributed by atoms with Crippen molar-refractivity contribution in [2.75, 3.05) is 0 Å². The quantitative estimate of drug-likeness (QED) is 0.221. The van der Waals surface area contributed by atoms with Gasteiger partial charge in [0, 0.05) is 18.8 Å². The predicted octanol–water partition coefficient (Wildman–Crippen LogP) is 5.23. The molecule has 3 N–H and O–H groups in total.